The summed E-state index contributed by atoms with van der Waals surface area (Å²) in [5.74, 6) is 6.78. The molecule has 0 aromatic carbocycles. The number of ether oxygens (including phenoxy) is 1. The monoisotopic (exact) mass is 290 g/mol. The molecule has 2 unspecified atom stereocenters. The molecule has 0 radical (unpaired) electrons. The lowest BCUT2D eigenvalue weighted by Gasteiger charge is -2.21. The van der Waals surface area contributed by atoms with E-state index in [9.17, 15) is 0 Å². The minimum Gasteiger partial charge on any atom is -0.381 e. The number of nitrogens with one attached hydrogen (secondary N) is 2. The smallest absolute Gasteiger partial charge is 0.161 e. The Morgan fingerprint density at radius 1 is 1.44 bits per heavy atom. The number of anilines is 2. The number of nitrogens with two attached hydrogens (primary N) is 1. The van der Waals surface area contributed by atoms with E-state index in [4.69, 9.17) is 33.8 Å². The Labute approximate surface area is 116 Å². The van der Waals surface area contributed by atoms with Crippen molar-refractivity contribution in [1.82, 2.24) is 4.98 Å². The van der Waals surface area contributed by atoms with E-state index in [1.54, 1.807) is 6.07 Å². The lowest BCUT2D eigenvalue weighted by molar-refractivity contribution is 0.183. The highest BCUT2D eigenvalue weighted by Gasteiger charge is 2.23. The number of hydrazine groups is 1. The van der Waals surface area contributed by atoms with Gasteiger partial charge in [-0.25, -0.2) is 10.8 Å². The highest BCUT2D eigenvalue weighted by Crippen LogP contribution is 2.30. The molecule has 18 heavy (non-hydrogen) atoms. The molecule has 7 heteroatoms. The van der Waals surface area contributed by atoms with Gasteiger partial charge in [0.15, 0.2) is 5.82 Å². The van der Waals surface area contributed by atoms with Crippen LogP contribution in [0.3, 0.4) is 0 Å². The molecule has 4 N–H and O–H groups in total. The first-order valence-corrected chi connectivity index (χ1v) is 6.54. The molecule has 1 saturated heterocycles. The molecule has 0 aliphatic carbocycles. The zero-order chi connectivity index (χ0) is 13.1. The van der Waals surface area contributed by atoms with Crippen molar-refractivity contribution in [2.24, 2.45) is 11.8 Å². The van der Waals surface area contributed by atoms with Crippen LogP contribution in [0.4, 0.5) is 11.6 Å². The maximum atomic E-state index is 6.10. The Hall–Kier alpha value is -0.750. The first kappa shape index (κ1) is 13.7. The maximum Gasteiger partial charge on any atom is 0.161 e. The van der Waals surface area contributed by atoms with E-state index in [2.05, 4.69) is 22.7 Å². The van der Waals surface area contributed by atoms with E-state index in [0.717, 1.165) is 19.6 Å². The molecule has 100 valence electrons. The molecule has 2 atom stereocenters. The van der Waals surface area contributed by atoms with E-state index < -0.39 is 0 Å². The Kier molecular flexibility index (Phi) is 4.50. The summed E-state index contributed by atoms with van der Waals surface area (Å²) < 4.78 is 5.36. The van der Waals surface area contributed by atoms with Crippen LogP contribution in [0.2, 0.25) is 10.0 Å². The van der Waals surface area contributed by atoms with Crippen LogP contribution in [0, 0.1) is 5.92 Å². The van der Waals surface area contributed by atoms with E-state index >= 15 is 0 Å². The van der Waals surface area contributed by atoms with Crippen LogP contribution in [0.5, 0.6) is 0 Å². The first-order valence-electron chi connectivity index (χ1n) is 5.78. The molecule has 0 saturated carbocycles. The predicted octanol–water partition coefficient (Wildman–Crippen LogP) is 2.51. The number of aromatic nitrogens is 1. The lowest BCUT2D eigenvalue weighted by atomic mass is 10.0. The standard InChI is InChI=1S/C11H16Cl2N4O/c1-6(7-2-3-18-5-7)15-10-8(12)4-9(13)11(16-10)17-14/h4,6-7H,2-3,5,14H2,1H3,(H2,15,16,17). The summed E-state index contributed by atoms with van der Waals surface area (Å²) in [4.78, 5) is 4.25. The molecule has 1 fully saturated rings. The second-order valence-corrected chi connectivity index (χ2v) is 5.16. The molecular formula is C11H16Cl2N4O. The molecule has 1 aromatic rings. The molecule has 0 spiro atoms. The summed E-state index contributed by atoms with van der Waals surface area (Å²) >= 11 is 12.0. The fourth-order valence-electron chi connectivity index (χ4n) is 1.95. The highest BCUT2D eigenvalue weighted by molar-refractivity contribution is 6.37. The summed E-state index contributed by atoms with van der Waals surface area (Å²) in [5, 5.41) is 4.15. The molecule has 0 amide bonds. The Morgan fingerprint density at radius 2 is 2.17 bits per heavy atom. The van der Waals surface area contributed by atoms with Gasteiger partial charge in [-0.2, -0.15) is 0 Å². The Morgan fingerprint density at radius 3 is 2.78 bits per heavy atom. The SMILES string of the molecule is CC(Nc1nc(NN)c(Cl)cc1Cl)C1CCOC1. The zero-order valence-corrected chi connectivity index (χ0v) is 11.6. The molecule has 1 aromatic heterocycles. The molecular weight excluding hydrogens is 275 g/mol. The summed E-state index contributed by atoms with van der Waals surface area (Å²) in [5.41, 5.74) is 2.44. The number of nitrogen functional groups attached to an aromatic ring is 1. The van der Waals surface area contributed by atoms with Crippen molar-refractivity contribution in [3.63, 3.8) is 0 Å². The van der Waals surface area contributed by atoms with Crippen molar-refractivity contribution in [2.45, 2.75) is 19.4 Å². The van der Waals surface area contributed by atoms with E-state index in [0.29, 0.717) is 27.6 Å². The fourth-order valence-corrected chi connectivity index (χ4v) is 2.42. The van der Waals surface area contributed by atoms with Gasteiger partial charge in [0.05, 0.1) is 16.7 Å². The highest BCUT2D eigenvalue weighted by atomic mass is 35.5. The number of hydrogen-bond acceptors (Lipinski definition) is 5. The second-order valence-electron chi connectivity index (χ2n) is 4.35. The number of halogens is 2. The van der Waals surface area contributed by atoms with Crippen molar-refractivity contribution in [3.05, 3.63) is 16.1 Å². The topological polar surface area (TPSA) is 72.2 Å². The molecule has 1 aliphatic rings. The average molecular weight is 291 g/mol. The van der Waals surface area contributed by atoms with Crippen LogP contribution in [-0.4, -0.2) is 24.2 Å². The number of nitrogens with zero attached hydrogens (tertiary/aromatic N) is 1. The van der Waals surface area contributed by atoms with Gasteiger partial charge < -0.3 is 15.5 Å². The predicted molar refractivity (Wildman–Crippen MR) is 74.1 cm³/mol. The van der Waals surface area contributed by atoms with Gasteiger partial charge in [-0.3, -0.25) is 0 Å². The van der Waals surface area contributed by atoms with Crippen molar-refractivity contribution in [3.8, 4) is 0 Å². The maximum absolute atomic E-state index is 6.10. The number of rotatable bonds is 4. The fraction of sp³-hybridized carbons (Fsp3) is 0.545. The molecule has 5 nitrogen and oxygen atoms in total. The Balaban J connectivity index is 2.12. The van der Waals surface area contributed by atoms with Crippen molar-refractivity contribution in [2.75, 3.05) is 24.0 Å². The third kappa shape index (κ3) is 2.98. The van der Waals surface area contributed by atoms with Gasteiger partial charge in [-0.15, -0.1) is 0 Å². The van der Waals surface area contributed by atoms with Crippen LogP contribution in [0.1, 0.15) is 13.3 Å². The van der Waals surface area contributed by atoms with Gasteiger partial charge in [-0.1, -0.05) is 23.2 Å². The number of pyridine rings is 1. The molecule has 2 heterocycles. The van der Waals surface area contributed by atoms with Gasteiger partial charge in [0.2, 0.25) is 0 Å². The third-order valence-corrected chi connectivity index (χ3v) is 3.68. The Bertz CT molecular complexity index is 424. The molecule has 1 aliphatic heterocycles. The van der Waals surface area contributed by atoms with Crippen LogP contribution >= 0.6 is 23.2 Å². The zero-order valence-electron chi connectivity index (χ0n) is 10.0. The van der Waals surface area contributed by atoms with Crippen molar-refractivity contribution in [1.29, 1.82) is 0 Å². The van der Waals surface area contributed by atoms with Gasteiger partial charge in [0.1, 0.15) is 5.82 Å². The van der Waals surface area contributed by atoms with E-state index in [-0.39, 0.29) is 6.04 Å². The van der Waals surface area contributed by atoms with E-state index in [1.807, 2.05) is 0 Å². The molecule has 2 rings (SSSR count). The van der Waals surface area contributed by atoms with Gasteiger partial charge in [0, 0.05) is 18.6 Å². The summed E-state index contributed by atoms with van der Waals surface area (Å²) in [6.45, 7) is 3.66. The third-order valence-electron chi connectivity index (χ3n) is 3.10. The van der Waals surface area contributed by atoms with Gasteiger partial charge >= 0.3 is 0 Å². The average Bonchev–Trinajstić information content (AvgIpc) is 2.86. The van der Waals surface area contributed by atoms with E-state index in [1.165, 1.54) is 0 Å². The summed E-state index contributed by atoms with van der Waals surface area (Å²) in [6, 6.07) is 1.84. The van der Waals surface area contributed by atoms with Crippen LogP contribution in [0.25, 0.3) is 0 Å². The largest absolute Gasteiger partial charge is 0.381 e. The van der Waals surface area contributed by atoms with Crippen LogP contribution < -0.4 is 16.6 Å². The quantitative estimate of drug-likeness (QED) is 0.587. The summed E-state index contributed by atoms with van der Waals surface area (Å²) in [6.07, 6.45) is 1.04. The first-order chi connectivity index (χ1) is 8.61. The normalized spacial score (nSPS) is 20.8. The van der Waals surface area contributed by atoms with Crippen molar-refractivity contribution < 1.29 is 4.74 Å². The second kappa shape index (κ2) is 5.93. The minimum absolute atomic E-state index is 0.226. The number of hydrogen-bond donors (Lipinski definition) is 3. The van der Waals surface area contributed by atoms with Gasteiger partial charge in [0.25, 0.3) is 0 Å². The lowest BCUT2D eigenvalue weighted by Crippen LogP contribution is -2.27. The van der Waals surface area contributed by atoms with Crippen LogP contribution in [-0.2, 0) is 4.74 Å². The molecule has 0 bridgehead atoms. The van der Waals surface area contributed by atoms with Crippen molar-refractivity contribution >= 4 is 34.8 Å². The van der Waals surface area contributed by atoms with Gasteiger partial charge in [-0.05, 0) is 19.4 Å². The van der Waals surface area contributed by atoms with Crippen LogP contribution in [0.15, 0.2) is 6.07 Å². The summed E-state index contributed by atoms with van der Waals surface area (Å²) in [7, 11) is 0. The minimum atomic E-state index is 0.226.